The second-order valence-corrected chi connectivity index (χ2v) is 6.26. The van der Waals surface area contributed by atoms with Crippen LogP contribution in [-0.4, -0.2) is 21.3 Å². The summed E-state index contributed by atoms with van der Waals surface area (Å²) in [5, 5.41) is 16.2. The van der Waals surface area contributed by atoms with Gasteiger partial charge in [-0.3, -0.25) is 9.89 Å². The van der Waals surface area contributed by atoms with Crippen molar-refractivity contribution in [3.05, 3.63) is 30.0 Å². The van der Waals surface area contributed by atoms with Crippen LogP contribution in [0.2, 0.25) is 0 Å². The van der Waals surface area contributed by atoms with E-state index in [0.717, 1.165) is 29.3 Å². The molecule has 5 heteroatoms. The highest BCUT2D eigenvalue weighted by atomic mass is 16.4. The van der Waals surface area contributed by atoms with Gasteiger partial charge in [0.15, 0.2) is 0 Å². The highest BCUT2D eigenvalue weighted by molar-refractivity contribution is 5.81. The Bertz CT molecular complexity index is 570. The Kier molecular flexibility index (Phi) is 6.37. The summed E-state index contributed by atoms with van der Waals surface area (Å²) in [5.41, 5.74) is 7.99. The molecule has 0 aliphatic carbocycles. The van der Waals surface area contributed by atoms with Crippen molar-refractivity contribution in [2.75, 3.05) is 0 Å². The number of nitrogens with one attached hydrogen (secondary N) is 1. The van der Waals surface area contributed by atoms with Crippen molar-refractivity contribution in [2.24, 2.45) is 11.1 Å². The van der Waals surface area contributed by atoms with Gasteiger partial charge in [0.05, 0.1) is 11.7 Å². The van der Waals surface area contributed by atoms with Crippen LogP contribution in [0, 0.1) is 5.41 Å². The fraction of sp³-hybridized carbons (Fsp3) is 0.500. The van der Waals surface area contributed by atoms with Gasteiger partial charge >= 0.3 is 5.97 Å². The van der Waals surface area contributed by atoms with E-state index in [2.05, 4.69) is 31.0 Å². The normalized spacial score (nSPS) is 11.0. The van der Waals surface area contributed by atoms with E-state index in [4.69, 9.17) is 10.8 Å². The summed E-state index contributed by atoms with van der Waals surface area (Å²) >= 11 is 0. The minimum Gasteiger partial charge on any atom is -0.481 e. The smallest absolute Gasteiger partial charge is 0.303 e. The first-order chi connectivity index (χ1) is 9.83. The number of carbonyl (C=O) groups is 1. The van der Waals surface area contributed by atoms with Crippen molar-refractivity contribution in [3.63, 3.8) is 0 Å². The standard InChI is InChI=1S/C8H9N3.C8H16O2/c9-4-6-2-1-3-8-7(6)5-10-11-8;1-8(2,3)6-4-5-7(9)10/h1-3,5H,4,9H2,(H,10,11);4-6H2,1-3H3,(H,9,10). The molecule has 1 aromatic heterocycles. The molecule has 0 spiro atoms. The predicted octanol–water partition coefficient (Wildman–Crippen LogP) is 3.31. The molecule has 2 aromatic rings. The number of carboxylic acids is 1. The average Bonchev–Trinajstić information content (AvgIpc) is 2.85. The number of hydrogen-bond acceptors (Lipinski definition) is 3. The van der Waals surface area contributed by atoms with Crippen molar-refractivity contribution >= 4 is 16.9 Å². The zero-order valence-electron chi connectivity index (χ0n) is 13.0. The van der Waals surface area contributed by atoms with Gasteiger partial charge in [0.1, 0.15) is 0 Å². The lowest BCUT2D eigenvalue weighted by Gasteiger charge is -2.16. The van der Waals surface area contributed by atoms with E-state index in [0.29, 0.717) is 13.0 Å². The van der Waals surface area contributed by atoms with E-state index >= 15 is 0 Å². The first kappa shape index (κ1) is 17.2. The Morgan fingerprint density at radius 1 is 1.38 bits per heavy atom. The first-order valence-corrected chi connectivity index (χ1v) is 7.16. The van der Waals surface area contributed by atoms with Crippen LogP contribution in [0.15, 0.2) is 24.4 Å². The Morgan fingerprint density at radius 3 is 2.67 bits per heavy atom. The van der Waals surface area contributed by atoms with Crippen LogP contribution in [-0.2, 0) is 11.3 Å². The fourth-order valence-electron chi connectivity index (χ4n) is 1.98. The highest BCUT2D eigenvalue weighted by Gasteiger charge is 2.09. The summed E-state index contributed by atoms with van der Waals surface area (Å²) in [4.78, 5) is 10.1. The predicted molar refractivity (Wildman–Crippen MR) is 84.9 cm³/mol. The molecule has 0 bridgehead atoms. The number of benzene rings is 1. The van der Waals surface area contributed by atoms with Crippen molar-refractivity contribution in [1.29, 1.82) is 0 Å². The third-order valence-corrected chi connectivity index (χ3v) is 3.11. The van der Waals surface area contributed by atoms with Gasteiger partial charge in [0.2, 0.25) is 0 Å². The van der Waals surface area contributed by atoms with Crippen molar-refractivity contribution in [1.82, 2.24) is 10.2 Å². The number of fused-ring (bicyclic) bond motifs is 1. The molecule has 1 heterocycles. The molecule has 4 N–H and O–H groups in total. The largest absolute Gasteiger partial charge is 0.481 e. The van der Waals surface area contributed by atoms with Crippen LogP contribution < -0.4 is 5.73 Å². The Morgan fingerprint density at radius 2 is 2.10 bits per heavy atom. The first-order valence-electron chi connectivity index (χ1n) is 7.16. The second kappa shape index (κ2) is 7.78. The highest BCUT2D eigenvalue weighted by Crippen LogP contribution is 2.21. The minimum absolute atomic E-state index is 0.273. The third-order valence-electron chi connectivity index (χ3n) is 3.11. The van der Waals surface area contributed by atoms with Gasteiger partial charge in [0, 0.05) is 18.4 Å². The minimum atomic E-state index is -0.691. The molecular weight excluding hydrogens is 266 g/mol. The van der Waals surface area contributed by atoms with Crippen LogP contribution >= 0.6 is 0 Å². The van der Waals surface area contributed by atoms with E-state index in [-0.39, 0.29) is 5.41 Å². The summed E-state index contributed by atoms with van der Waals surface area (Å²) < 4.78 is 0. The molecule has 2 rings (SSSR count). The Balaban J connectivity index is 0.000000212. The molecule has 0 radical (unpaired) electrons. The molecule has 0 aliphatic heterocycles. The molecule has 0 saturated heterocycles. The van der Waals surface area contributed by atoms with E-state index in [1.54, 1.807) is 6.20 Å². The van der Waals surface area contributed by atoms with Crippen LogP contribution in [0.3, 0.4) is 0 Å². The zero-order chi connectivity index (χ0) is 15.9. The van der Waals surface area contributed by atoms with Crippen LogP contribution in [0.5, 0.6) is 0 Å². The Labute approximate surface area is 125 Å². The maximum absolute atomic E-state index is 10.1. The van der Waals surface area contributed by atoms with E-state index in [1.165, 1.54) is 0 Å². The molecule has 0 unspecified atom stereocenters. The third kappa shape index (κ3) is 6.40. The van der Waals surface area contributed by atoms with Crippen LogP contribution in [0.4, 0.5) is 0 Å². The molecule has 0 saturated carbocycles. The molecule has 0 fully saturated rings. The van der Waals surface area contributed by atoms with E-state index in [1.807, 2.05) is 18.2 Å². The maximum atomic E-state index is 10.1. The van der Waals surface area contributed by atoms with Gasteiger partial charge in [-0.1, -0.05) is 32.9 Å². The van der Waals surface area contributed by atoms with Gasteiger partial charge < -0.3 is 10.8 Å². The van der Waals surface area contributed by atoms with E-state index < -0.39 is 5.97 Å². The van der Waals surface area contributed by atoms with Crippen LogP contribution in [0.25, 0.3) is 10.9 Å². The summed E-state index contributed by atoms with van der Waals surface area (Å²) in [6.45, 7) is 6.93. The number of aromatic nitrogens is 2. The van der Waals surface area contributed by atoms with Crippen molar-refractivity contribution in [3.8, 4) is 0 Å². The molecule has 1 aromatic carbocycles. The SMILES string of the molecule is CC(C)(C)CCCC(=O)O.NCc1cccc2[nH]ncc12. The molecular formula is C16H25N3O2. The average molecular weight is 291 g/mol. The molecule has 21 heavy (non-hydrogen) atoms. The lowest BCUT2D eigenvalue weighted by molar-refractivity contribution is -0.137. The number of hydrogen-bond donors (Lipinski definition) is 3. The van der Waals surface area contributed by atoms with Crippen molar-refractivity contribution in [2.45, 2.75) is 46.6 Å². The van der Waals surface area contributed by atoms with Gasteiger partial charge in [0.25, 0.3) is 0 Å². The molecule has 0 atom stereocenters. The number of carboxylic acid groups (broad SMARTS) is 1. The number of aliphatic carboxylic acids is 1. The zero-order valence-corrected chi connectivity index (χ0v) is 13.0. The lowest BCUT2D eigenvalue weighted by Crippen LogP contribution is -2.05. The topological polar surface area (TPSA) is 92.0 Å². The van der Waals surface area contributed by atoms with Crippen molar-refractivity contribution < 1.29 is 9.90 Å². The van der Waals surface area contributed by atoms with Gasteiger partial charge in [-0.05, 0) is 29.9 Å². The lowest BCUT2D eigenvalue weighted by atomic mass is 9.90. The summed E-state index contributed by atoms with van der Waals surface area (Å²) in [6, 6.07) is 5.97. The molecule has 116 valence electrons. The molecule has 0 amide bonds. The van der Waals surface area contributed by atoms with Crippen LogP contribution in [0.1, 0.15) is 45.6 Å². The fourth-order valence-corrected chi connectivity index (χ4v) is 1.98. The number of nitrogens with two attached hydrogens (primary N) is 1. The van der Waals surface area contributed by atoms with E-state index in [9.17, 15) is 4.79 Å². The number of rotatable bonds is 4. The van der Waals surface area contributed by atoms with Gasteiger partial charge in [-0.2, -0.15) is 5.10 Å². The summed E-state index contributed by atoms with van der Waals surface area (Å²) in [7, 11) is 0. The number of aromatic amines is 1. The molecule has 5 nitrogen and oxygen atoms in total. The van der Waals surface area contributed by atoms with Gasteiger partial charge in [-0.15, -0.1) is 0 Å². The number of nitrogens with zero attached hydrogens (tertiary/aromatic N) is 1. The number of H-pyrrole nitrogens is 1. The molecule has 0 aliphatic rings. The Hall–Kier alpha value is -1.88. The monoisotopic (exact) mass is 291 g/mol. The maximum Gasteiger partial charge on any atom is 0.303 e. The summed E-state index contributed by atoms with van der Waals surface area (Å²) in [5.74, 6) is -0.691. The second-order valence-electron chi connectivity index (χ2n) is 6.26. The summed E-state index contributed by atoms with van der Waals surface area (Å²) in [6.07, 6.45) is 3.88. The quantitative estimate of drug-likeness (QED) is 0.805. The van der Waals surface area contributed by atoms with Gasteiger partial charge in [-0.25, -0.2) is 0 Å².